The molecule has 6 nitrogen and oxygen atoms in total. The molecule has 3 N–H and O–H groups in total. The molecule has 8 heteroatoms. The van der Waals surface area contributed by atoms with Gasteiger partial charge in [0.2, 0.25) is 5.91 Å². The molecule has 3 aromatic rings. The third-order valence-electron chi connectivity index (χ3n) is 6.04. The first-order valence-corrected chi connectivity index (χ1v) is 12.2. The zero-order valence-electron chi connectivity index (χ0n) is 18.5. The molecule has 32 heavy (non-hydrogen) atoms. The summed E-state index contributed by atoms with van der Waals surface area (Å²) in [5, 5.41) is 7.89. The van der Waals surface area contributed by atoms with Crippen molar-refractivity contribution in [1.29, 1.82) is 0 Å². The Morgan fingerprint density at radius 3 is 2.94 bits per heavy atom. The van der Waals surface area contributed by atoms with Crippen molar-refractivity contribution >= 4 is 40.2 Å². The second-order valence-corrected chi connectivity index (χ2v) is 9.87. The van der Waals surface area contributed by atoms with Crippen LogP contribution in [0, 0.1) is 5.92 Å². The summed E-state index contributed by atoms with van der Waals surface area (Å²) in [6.07, 6.45) is 6.24. The molecule has 0 aliphatic heterocycles. The number of anilines is 2. The van der Waals surface area contributed by atoms with Crippen LogP contribution >= 0.6 is 22.9 Å². The van der Waals surface area contributed by atoms with Crippen LogP contribution in [0.1, 0.15) is 36.6 Å². The summed E-state index contributed by atoms with van der Waals surface area (Å²) in [6, 6.07) is 7.78. The number of aryl methyl sites for hydroxylation is 1. The lowest BCUT2D eigenvalue weighted by atomic mass is 9.97. The molecule has 2 aromatic heterocycles. The van der Waals surface area contributed by atoms with Gasteiger partial charge in [-0.3, -0.25) is 9.48 Å². The van der Waals surface area contributed by atoms with Gasteiger partial charge in [-0.1, -0.05) is 24.6 Å². The minimum Gasteiger partial charge on any atom is -0.397 e. The molecule has 0 saturated carbocycles. The van der Waals surface area contributed by atoms with Crippen LogP contribution in [0.3, 0.4) is 0 Å². The molecule has 0 spiro atoms. The predicted molar refractivity (Wildman–Crippen MR) is 131 cm³/mol. The van der Waals surface area contributed by atoms with E-state index in [1.807, 2.05) is 28.9 Å². The van der Waals surface area contributed by atoms with Gasteiger partial charge in [-0.05, 0) is 60.6 Å². The molecule has 0 bridgehead atoms. The van der Waals surface area contributed by atoms with Crippen molar-refractivity contribution in [3.8, 4) is 10.4 Å². The number of fused-ring (bicyclic) bond motifs is 1. The van der Waals surface area contributed by atoms with Crippen molar-refractivity contribution in [1.82, 2.24) is 9.78 Å². The number of nitrogens with one attached hydrogen (secondary N) is 1. The summed E-state index contributed by atoms with van der Waals surface area (Å²) in [7, 11) is 1.69. The number of ether oxygens (including phenoxy) is 1. The molecule has 2 heterocycles. The molecule has 0 saturated heterocycles. The van der Waals surface area contributed by atoms with Gasteiger partial charge in [0.05, 0.1) is 34.6 Å². The van der Waals surface area contributed by atoms with Gasteiger partial charge in [0.15, 0.2) is 0 Å². The highest BCUT2D eigenvalue weighted by molar-refractivity contribution is 7.19. The number of halogens is 1. The second kappa shape index (κ2) is 10.1. The van der Waals surface area contributed by atoms with E-state index in [9.17, 15) is 4.79 Å². The Bertz CT molecular complexity index is 1110. The number of carbonyl (C=O) groups is 1. The highest BCUT2D eigenvalue weighted by Gasteiger charge is 2.26. The van der Waals surface area contributed by atoms with Crippen molar-refractivity contribution in [3.63, 3.8) is 0 Å². The van der Waals surface area contributed by atoms with E-state index >= 15 is 0 Å². The van der Waals surface area contributed by atoms with E-state index in [4.69, 9.17) is 27.2 Å². The van der Waals surface area contributed by atoms with Crippen LogP contribution in [0.15, 0.2) is 30.5 Å². The summed E-state index contributed by atoms with van der Waals surface area (Å²) in [4.78, 5) is 14.4. The van der Waals surface area contributed by atoms with E-state index < -0.39 is 0 Å². The fraction of sp³-hybridized carbons (Fsp3) is 0.417. The molecule has 0 radical (unpaired) electrons. The number of nitrogen functional groups attached to an aromatic ring is 1. The maximum atomic E-state index is 13.3. The van der Waals surface area contributed by atoms with Crippen LogP contribution in [0.25, 0.3) is 10.4 Å². The maximum absolute atomic E-state index is 13.3. The van der Waals surface area contributed by atoms with Crippen LogP contribution in [0.2, 0.25) is 4.34 Å². The normalized spacial score (nSPS) is 15.9. The lowest BCUT2D eigenvalue weighted by molar-refractivity contribution is -0.120. The van der Waals surface area contributed by atoms with Crippen molar-refractivity contribution in [2.45, 2.75) is 45.6 Å². The first-order valence-electron chi connectivity index (χ1n) is 11.0. The van der Waals surface area contributed by atoms with E-state index in [0.717, 1.165) is 63.9 Å². The molecular weight excluding hydrogens is 444 g/mol. The van der Waals surface area contributed by atoms with Crippen molar-refractivity contribution < 1.29 is 9.53 Å². The Labute approximate surface area is 197 Å². The number of aromatic nitrogens is 2. The number of amides is 1. The SMILES string of the molecule is CCc1c(-c2ccc(Cl)s2)ccc(N)c1NC(=O)C1CCCc2cn(CCOC)nc2C1. The summed E-state index contributed by atoms with van der Waals surface area (Å²) >= 11 is 7.69. The quantitative estimate of drug-likeness (QED) is 0.366. The lowest BCUT2D eigenvalue weighted by Gasteiger charge is -2.19. The Morgan fingerprint density at radius 1 is 1.38 bits per heavy atom. The van der Waals surface area contributed by atoms with Gasteiger partial charge in [0.25, 0.3) is 0 Å². The van der Waals surface area contributed by atoms with Gasteiger partial charge in [-0.15, -0.1) is 11.3 Å². The molecule has 1 aliphatic rings. The molecule has 1 amide bonds. The minimum absolute atomic E-state index is 0.00653. The molecule has 170 valence electrons. The fourth-order valence-corrected chi connectivity index (χ4v) is 5.47. The lowest BCUT2D eigenvalue weighted by Crippen LogP contribution is -2.25. The van der Waals surface area contributed by atoms with E-state index in [0.29, 0.717) is 18.7 Å². The van der Waals surface area contributed by atoms with E-state index in [1.165, 1.54) is 16.9 Å². The van der Waals surface area contributed by atoms with Crippen LogP contribution < -0.4 is 11.1 Å². The predicted octanol–water partition coefficient (Wildman–Crippen LogP) is 5.19. The largest absolute Gasteiger partial charge is 0.397 e. The van der Waals surface area contributed by atoms with Crippen LogP contribution in [-0.4, -0.2) is 29.4 Å². The zero-order chi connectivity index (χ0) is 22.7. The molecule has 1 atom stereocenters. The van der Waals surface area contributed by atoms with E-state index in [2.05, 4.69) is 18.4 Å². The molecule has 1 unspecified atom stereocenters. The standard InChI is InChI=1S/C24H29ClN4O2S/c1-3-17-18(21-9-10-22(25)32-21)7-8-19(26)23(17)27-24(30)15-5-4-6-16-14-29(11-12-31-2)28-20(16)13-15/h7-10,14-15H,3-6,11-13,26H2,1-2H3,(H,27,30). The summed E-state index contributed by atoms with van der Waals surface area (Å²) in [5.41, 5.74) is 12.0. The zero-order valence-corrected chi connectivity index (χ0v) is 20.1. The Balaban J connectivity index is 1.56. The Kier molecular flexibility index (Phi) is 7.18. The van der Waals surface area contributed by atoms with E-state index in [1.54, 1.807) is 7.11 Å². The van der Waals surface area contributed by atoms with Crippen LogP contribution in [0.4, 0.5) is 11.4 Å². The van der Waals surface area contributed by atoms with Crippen LogP contribution in [-0.2, 0) is 35.3 Å². The van der Waals surface area contributed by atoms with Crippen molar-refractivity contribution in [2.24, 2.45) is 5.92 Å². The number of methoxy groups -OCH3 is 1. The fourth-order valence-electron chi connectivity index (χ4n) is 4.38. The average Bonchev–Trinajstić information content (AvgIpc) is 3.33. The number of hydrogen-bond acceptors (Lipinski definition) is 5. The van der Waals surface area contributed by atoms with Gasteiger partial charge in [-0.2, -0.15) is 5.10 Å². The van der Waals surface area contributed by atoms with Gasteiger partial charge >= 0.3 is 0 Å². The number of hydrogen-bond donors (Lipinski definition) is 2. The third-order valence-corrected chi connectivity index (χ3v) is 7.31. The van der Waals surface area contributed by atoms with Crippen molar-refractivity contribution in [3.05, 3.63) is 51.6 Å². The van der Waals surface area contributed by atoms with Gasteiger partial charge in [-0.25, -0.2) is 0 Å². The summed E-state index contributed by atoms with van der Waals surface area (Å²) in [5.74, 6) is -0.127. The van der Waals surface area contributed by atoms with Crippen molar-refractivity contribution in [2.75, 3.05) is 24.8 Å². The molecule has 4 rings (SSSR count). The monoisotopic (exact) mass is 472 g/mol. The van der Waals surface area contributed by atoms with E-state index in [-0.39, 0.29) is 11.8 Å². The summed E-state index contributed by atoms with van der Waals surface area (Å²) < 4.78 is 7.83. The number of nitrogens with two attached hydrogens (primary N) is 1. The van der Waals surface area contributed by atoms with Gasteiger partial charge in [0, 0.05) is 30.5 Å². The number of nitrogens with zero attached hydrogens (tertiary/aromatic N) is 2. The number of rotatable bonds is 7. The highest BCUT2D eigenvalue weighted by atomic mass is 35.5. The topological polar surface area (TPSA) is 82.2 Å². The number of carbonyl (C=O) groups excluding carboxylic acids is 1. The second-order valence-electron chi connectivity index (χ2n) is 8.15. The molecule has 1 aliphatic carbocycles. The number of benzene rings is 1. The highest BCUT2D eigenvalue weighted by Crippen LogP contribution is 2.39. The third kappa shape index (κ3) is 4.85. The first kappa shape index (κ1) is 22.8. The minimum atomic E-state index is -0.133. The first-order chi connectivity index (χ1) is 15.5. The number of thiophene rings is 1. The van der Waals surface area contributed by atoms with Crippen LogP contribution in [0.5, 0.6) is 0 Å². The molecule has 1 aromatic carbocycles. The maximum Gasteiger partial charge on any atom is 0.227 e. The Morgan fingerprint density at radius 2 is 2.22 bits per heavy atom. The molecular formula is C24H29ClN4O2S. The summed E-state index contributed by atoms with van der Waals surface area (Å²) in [6.45, 7) is 3.42. The average molecular weight is 473 g/mol. The molecule has 0 fully saturated rings. The van der Waals surface area contributed by atoms with Gasteiger partial charge in [0.1, 0.15) is 0 Å². The smallest absolute Gasteiger partial charge is 0.227 e. The van der Waals surface area contributed by atoms with Gasteiger partial charge < -0.3 is 15.8 Å². The Hall–Kier alpha value is -2.35.